The van der Waals surface area contributed by atoms with Crippen molar-refractivity contribution in [2.45, 2.75) is 32.4 Å². The van der Waals surface area contributed by atoms with Crippen LogP contribution >= 0.6 is 0 Å². The second-order valence-corrected chi connectivity index (χ2v) is 8.97. The van der Waals surface area contributed by atoms with Crippen molar-refractivity contribution in [1.29, 1.82) is 0 Å². The first kappa shape index (κ1) is 18.8. The molecule has 137 valence electrons. The molecule has 1 amide bonds. The van der Waals surface area contributed by atoms with Crippen molar-refractivity contribution >= 4 is 36.4 Å². The molecular formula is C18H23AsN5O2. The molecule has 2 heterocycles. The Labute approximate surface area is 159 Å². The summed E-state index contributed by atoms with van der Waals surface area (Å²) < 4.78 is 7.24. The molecule has 2 aromatic rings. The van der Waals surface area contributed by atoms with Crippen molar-refractivity contribution in [3.05, 3.63) is 41.1 Å². The summed E-state index contributed by atoms with van der Waals surface area (Å²) in [6, 6.07) is 6.31. The third-order valence-electron chi connectivity index (χ3n) is 4.19. The molecule has 3 rings (SSSR count). The maximum atomic E-state index is 11.8. The van der Waals surface area contributed by atoms with Crippen molar-refractivity contribution in [3.8, 4) is 0 Å². The molecular weight excluding hydrogens is 393 g/mol. The topological polar surface area (TPSA) is 116 Å². The Hall–Kier alpha value is -1.95. The SMILES string of the molecule is Cc1cc(C)cc([As]c2nc(N[C@@H]3CCOC[C@@H]3N)ncc2C(N)=O)c1. The van der Waals surface area contributed by atoms with Crippen LogP contribution in [0, 0.1) is 13.8 Å². The Morgan fingerprint density at radius 1 is 1.31 bits per heavy atom. The molecule has 2 atom stereocenters. The number of hydrogen-bond acceptors (Lipinski definition) is 6. The van der Waals surface area contributed by atoms with Crippen LogP contribution < -0.4 is 25.6 Å². The number of nitrogens with one attached hydrogen (secondary N) is 1. The van der Waals surface area contributed by atoms with Gasteiger partial charge in [-0.05, 0) is 0 Å². The molecule has 1 fully saturated rings. The van der Waals surface area contributed by atoms with E-state index in [4.69, 9.17) is 16.2 Å². The van der Waals surface area contributed by atoms with Gasteiger partial charge in [0.05, 0.1) is 0 Å². The van der Waals surface area contributed by atoms with E-state index >= 15 is 0 Å². The molecule has 7 nitrogen and oxygen atoms in total. The first-order valence-electron chi connectivity index (χ1n) is 8.49. The number of aromatic nitrogens is 2. The molecule has 26 heavy (non-hydrogen) atoms. The minimum absolute atomic E-state index is 0.0495. The summed E-state index contributed by atoms with van der Waals surface area (Å²) in [5, 5.41) is 3.28. The van der Waals surface area contributed by atoms with Crippen LogP contribution in [-0.4, -0.2) is 56.9 Å². The number of primary amides is 1. The van der Waals surface area contributed by atoms with Gasteiger partial charge in [-0.2, -0.15) is 0 Å². The Morgan fingerprint density at radius 3 is 2.69 bits per heavy atom. The number of carbonyl (C=O) groups excluding carboxylic acids is 1. The van der Waals surface area contributed by atoms with E-state index in [0.717, 1.165) is 6.42 Å². The van der Waals surface area contributed by atoms with Gasteiger partial charge in [0.2, 0.25) is 0 Å². The monoisotopic (exact) mass is 416 g/mol. The number of aryl methyl sites for hydroxylation is 2. The van der Waals surface area contributed by atoms with Crippen molar-refractivity contribution in [2.24, 2.45) is 11.5 Å². The minimum atomic E-state index is -0.506. The van der Waals surface area contributed by atoms with Gasteiger partial charge in [0.15, 0.2) is 0 Å². The Bertz CT molecular complexity index is 794. The van der Waals surface area contributed by atoms with Crippen LogP contribution in [0.2, 0.25) is 0 Å². The number of nitrogens with two attached hydrogens (primary N) is 2. The number of hydrogen-bond donors (Lipinski definition) is 3. The van der Waals surface area contributed by atoms with Crippen LogP contribution in [0.15, 0.2) is 24.4 Å². The van der Waals surface area contributed by atoms with Gasteiger partial charge in [0, 0.05) is 0 Å². The first-order valence-corrected chi connectivity index (χ1v) is 10.4. The number of amides is 1. The van der Waals surface area contributed by atoms with Crippen LogP contribution in [0.3, 0.4) is 0 Å². The molecule has 0 aliphatic carbocycles. The molecule has 1 radical (unpaired) electrons. The summed E-state index contributed by atoms with van der Waals surface area (Å²) in [6.45, 7) is 5.29. The molecule has 1 aliphatic rings. The molecule has 5 N–H and O–H groups in total. The van der Waals surface area contributed by atoms with Gasteiger partial charge in [0.1, 0.15) is 0 Å². The molecule has 1 aliphatic heterocycles. The van der Waals surface area contributed by atoms with Gasteiger partial charge < -0.3 is 0 Å². The molecule has 0 saturated carbocycles. The van der Waals surface area contributed by atoms with Crippen LogP contribution in [-0.2, 0) is 4.74 Å². The second kappa shape index (κ2) is 8.16. The maximum absolute atomic E-state index is 11.8. The number of carbonyl (C=O) groups is 1. The second-order valence-electron chi connectivity index (χ2n) is 6.53. The third-order valence-corrected chi connectivity index (χ3v) is 6.43. The predicted octanol–water partition coefficient (Wildman–Crippen LogP) is -0.625. The summed E-state index contributed by atoms with van der Waals surface area (Å²) >= 11 is -0.488. The van der Waals surface area contributed by atoms with E-state index in [-0.39, 0.29) is 12.1 Å². The van der Waals surface area contributed by atoms with Crippen molar-refractivity contribution < 1.29 is 9.53 Å². The van der Waals surface area contributed by atoms with Gasteiger partial charge in [-0.15, -0.1) is 0 Å². The van der Waals surface area contributed by atoms with E-state index in [1.165, 1.54) is 21.7 Å². The van der Waals surface area contributed by atoms with E-state index in [0.29, 0.717) is 29.2 Å². The zero-order valence-corrected chi connectivity index (χ0v) is 16.8. The quantitative estimate of drug-likeness (QED) is 0.560. The van der Waals surface area contributed by atoms with E-state index in [1.807, 2.05) is 0 Å². The van der Waals surface area contributed by atoms with Gasteiger partial charge in [-0.3, -0.25) is 0 Å². The Balaban J connectivity index is 1.87. The van der Waals surface area contributed by atoms with Crippen molar-refractivity contribution in [1.82, 2.24) is 9.97 Å². The van der Waals surface area contributed by atoms with Gasteiger partial charge in [-0.1, -0.05) is 0 Å². The fourth-order valence-electron chi connectivity index (χ4n) is 2.94. The zero-order chi connectivity index (χ0) is 18.7. The van der Waals surface area contributed by atoms with Crippen LogP contribution in [0.25, 0.3) is 0 Å². The zero-order valence-electron chi connectivity index (χ0n) is 14.9. The molecule has 1 aromatic heterocycles. The summed E-state index contributed by atoms with van der Waals surface area (Å²) in [5.74, 6) is -0.0268. The van der Waals surface area contributed by atoms with Crippen LogP contribution in [0.1, 0.15) is 27.9 Å². The van der Waals surface area contributed by atoms with Crippen LogP contribution in [0.5, 0.6) is 0 Å². The van der Waals surface area contributed by atoms with E-state index in [9.17, 15) is 4.79 Å². The number of anilines is 1. The normalized spacial score (nSPS) is 20.4. The number of rotatable bonds is 5. The fraction of sp³-hybridized carbons (Fsp3) is 0.389. The van der Waals surface area contributed by atoms with Gasteiger partial charge in [0.25, 0.3) is 0 Å². The Kier molecular flexibility index (Phi) is 5.91. The summed E-state index contributed by atoms with van der Waals surface area (Å²) in [6.07, 6.45) is 2.30. The molecule has 1 saturated heterocycles. The van der Waals surface area contributed by atoms with E-state index in [1.54, 1.807) is 0 Å². The standard InChI is InChI=1S/C18H23AsN5O2/c1-10-5-11(2)7-12(6-10)19-16-13(17(21)25)8-22-18(24-16)23-15-3-4-26-9-14(15)20/h5-8,14-15H,3-4,9,20H2,1-2H3,(H2,21,25)(H,22,23,24)/t14-,15+/m0/s1. The van der Waals surface area contributed by atoms with Gasteiger partial charge in [-0.25, -0.2) is 0 Å². The van der Waals surface area contributed by atoms with Crippen molar-refractivity contribution in [3.63, 3.8) is 0 Å². The van der Waals surface area contributed by atoms with E-state index in [2.05, 4.69) is 47.3 Å². The summed E-state index contributed by atoms with van der Waals surface area (Å²) in [4.78, 5) is 20.7. The van der Waals surface area contributed by atoms with Crippen molar-refractivity contribution in [2.75, 3.05) is 18.5 Å². The Morgan fingerprint density at radius 2 is 2.04 bits per heavy atom. The molecule has 0 spiro atoms. The molecule has 0 unspecified atom stereocenters. The van der Waals surface area contributed by atoms with E-state index < -0.39 is 21.7 Å². The summed E-state index contributed by atoms with van der Waals surface area (Å²) in [7, 11) is 0. The average Bonchev–Trinajstić information content (AvgIpc) is 2.56. The summed E-state index contributed by atoms with van der Waals surface area (Å²) in [5.41, 5.74) is 14.4. The van der Waals surface area contributed by atoms with Gasteiger partial charge >= 0.3 is 159 Å². The number of benzene rings is 1. The molecule has 1 aromatic carbocycles. The first-order chi connectivity index (χ1) is 12.4. The molecule has 8 heteroatoms. The average molecular weight is 416 g/mol. The molecule has 0 bridgehead atoms. The number of nitrogens with zero attached hydrogens (tertiary/aromatic N) is 2. The number of ether oxygens (including phenoxy) is 1. The van der Waals surface area contributed by atoms with Crippen LogP contribution in [0.4, 0.5) is 5.95 Å². The fourth-order valence-corrected chi connectivity index (χ4v) is 5.49. The predicted molar refractivity (Wildman–Crippen MR) is 102 cm³/mol. The third kappa shape index (κ3) is 4.61.